The number of hydrogen-bond acceptors (Lipinski definition) is 4. The highest BCUT2D eigenvalue weighted by molar-refractivity contribution is 14.0. The van der Waals surface area contributed by atoms with E-state index in [9.17, 15) is 4.79 Å². The van der Waals surface area contributed by atoms with Gasteiger partial charge in [0.2, 0.25) is 0 Å². The fourth-order valence-electron chi connectivity index (χ4n) is 2.51. The van der Waals surface area contributed by atoms with Gasteiger partial charge in [-0.05, 0) is 42.0 Å². The number of guanidine groups is 1. The summed E-state index contributed by atoms with van der Waals surface area (Å²) < 4.78 is 11.1. The van der Waals surface area contributed by atoms with Crippen molar-refractivity contribution < 1.29 is 14.3 Å². The lowest BCUT2D eigenvalue weighted by molar-refractivity contribution is -0.119. The Bertz CT molecular complexity index is 996. The van der Waals surface area contributed by atoms with Crippen molar-refractivity contribution in [1.82, 2.24) is 0 Å². The summed E-state index contributed by atoms with van der Waals surface area (Å²) >= 11 is 0. The first-order chi connectivity index (χ1) is 14.1. The zero-order valence-electron chi connectivity index (χ0n) is 16.2. The average molecular weight is 518 g/mol. The summed E-state index contributed by atoms with van der Waals surface area (Å²) in [6.07, 6.45) is 0. The summed E-state index contributed by atoms with van der Waals surface area (Å²) in [6, 6.07) is 24.2. The largest absolute Gasteiger partial charge is 0.484 e. The molecule has 0 atom stereocenters. The average Bonchev–Trinajstić information content (AvgIpc) is 2.72. The minimum absolute atomic E-state index is 0. The Kier molecular flexibility index (Phi) is 8.95. The number of hydrogen-bond donors (Lipinski definition) is 3. The van der Waals surface area contributed by atoms with Gasteiger partial charge < -0.3 is 26.3 Å². The minimum Gasteiger partial charge on any atom is -0.484 e. The van der Waals surface area contributed by atoms with E-state index in [2.05, 4.69) is 10.3 Å². The third kappa shape index (κ3) is 7.63. The number of ether oxygens (including phenoxy) is 2. The lowest BCUT2D eigenvalue weighted by atomic mass is 10.2. The maximum Gasteiger partial charge on any atom is 0.255 e. The summed E-state index contributed by atoms with van der Waals surface area (Å²) in [5, 5.41) is 3.05. The van der Waals surface area contributed by atoms with Crippen molar-refractivity contribution in [1.29, 1.82) is 0 Å². The Balaban J connectivity index is 0.00000320. The molecule has 0 saturated carbocycles. The SMILES string of the molecule is I.NC(=O)COc1cccc(CN=C(N)Nc2cccc(Oc3ccccc3)c2)c1. The molecule has 3 aromatic carbocycles. The molecule has 0 heterocycles. The molecule has 0 radical (unpaired) electrons. The second-order valence-corrected chi connectivity index (χ2v) is 6.17. The van der Waals surface area contributed by atoms with E-state index in [1.165, 1.54) is 0 Å². The number of anilines is 1. The van der Waals surface area contributed by atoms with E-state index >= 15 is 0 Å². The molecular formula is C22H23IN4O3. The van der Waals surface area contributed by atoms with Crippen LogP contribution in [0, 0.1) is 0 Å². The van der Waals surface area contributed by atoms with E-state index in [1.807, 2.05) is 66.7 Å². The van der Waals surface area contributed by atoms with Crippen LogP contribution in [0.2, 0.25) is 0 Å². The van der Waals surface area contributed by atoms with Crippen LogP contribution in [0.1, 0.15) is 5.56 Å². The van der Waals surface area contributed by atoms with Crippen molar-refractivity contribution >= 4 is 41.5 Å². The van der Waals surface area contributed by atoms with E-state index in [4.69, 9.17) is 20.9 Å². The van der Waals surface area contributed by atoms with Crippen LogP contribution in [0.25, 0.3) is 0 Å². The van der Waals surface area contributed by atoms with Crippen molar-refractivity contribution in [3.05, 3.63) is 84.4 Å². The van der Waals surface area contributed by atoms with Gasteiger partial charge in [0.05, 0.1) is 6.54 Å². The van der Waals surface area contributed by atoms with Gasteiger partial charge in [-0.3, -0.25) is 4.79 Å². The Morgan fingerprint density at radius 3 is 2.33 bits per heavy atom. The number of halogens is 1. The van der Waals surface area contributed by atoms with Gasteiger partial charge in [-0.2, -0.15) is 0 Å². The van der Waals surface area contributed by atoms with Crippen LogP contribution in [0.15, 0.2) is 83.9 Å². The highest BCUT2D eigenvalue weighted by atomic mass is 127. The zero-order chi connectivity index (χ0) is 20.5. The number of nitrogens with zero attached hydrogens (tertiary/aromatic N) is 1. The predicted octanol–water partition coefficient (Wildman–Crippen LogP) is 3.89. The Hall–Kier alpha value is -3.27. The summed E-state index contributed by atoms with van der Waals surface area (Å²) in [6.45, 7) is 0.185. The first kappa shape index (κ1) is 23.0. The fraction of sp³-hybridized carbons (Fsp3) is 0.0909. The van der Waals surface area contributed by atoms with Crippen LogP contribution in [-0.4, -0.2) is 18.5 Å². The zero-order valence-corrected chi connectivity index (χ0v) is 18.5. The molecule has 0 unspecified atom stereocenters. The van der Waals surface area contributed by atoms with Crippen molar-refractivity contribution in [3.63, 3.8) is 0 Å². The number of aliphatic imine (C=N–C) groups is 1. The van der Waals surface area contributed by atoms with Crippen LogP contribution in [-0.2, 0) is 11.3 Å². The van der Waals surface area contributed by atoms with Gasteiger partial charge in [0.1, 0.15) is 17.2 Å². The molecule has 8 heteroatoms. The number of rotatable bonds is 8. The van der Waals surface area contributed by atoms with Gasteiger partial charge in [0.15, 0.2) is 12.6 Å². The van der Waals surface area contributed by atoms with E-state index in [0.29, 0.717) is 18.0 Å². The van der Waals surface area contributed by atoms with E-state index < -0.39 is 5.91 Å². The molecule has 0 fully saturated rings. The third-order valence-corrected chi connectivity index (χ3v) is 3.80. The molecular weight excluding hydrogens is 495 g/mol. The van der Waals surface area contributed by atoms with E-state index in [1.54, 1.807) is 12.1 Å². The first-order valence-corrected chi connectivity index (χ1v) is 8.98. The number of para-hydroxylation sites is 1. The molecule has 30 heavy (non-hydrogen) atoms. The quantitative estimate of drug-likeness (QED) is 0.238. The molecule has 0 aliphatic carbocycles. The second-order valence-electron chi connectivity index (χ2n) is 6.17. The number of nitrogens with one attached hydrogen (secondary N) is 1. The van der Waals surface area contributed by atoms with Crippen molar-refractivity contribution in [2.45, 2.75) is 6.54 Å². The molecule has 0 saturated heterocycles. The van der Waals surface area contributed by atoms with Gasteiger partial charge in [-0.25, -0.2) is 4.99 Å². The molecule has 0 aliphatic heterocycles. The van der Waals surface area contributed by atoms with Crippen molar-refractivity contribution in [2.75, 3.05) is 11.9 Å². The standard InChI is InChI=1S/C22H22N4O3.HI/c23-21(27)15-28-19-10-4-6-16(12-19)14-25-22(24)26-17-7-5-11-20(13-17)29-18-8-2-1-3-9-18;/h1-13H,14-15H2,(H2,23,27)(H3,24,25,26);1H. The minimum atomic E-state index is -0.527. The molecule has 0 aromatic heterocycles. The molecule has 0 bridgehead atoms. The number of amides is 1. The van der Waals surface area contributed by atoms with Crippen LogP contribution in [0.4, 0.5) is 5.69 Å². The number of carbonyl (C=O) groups excluding carboxylic acids is 1. The number of nitrogens with two attached hydrogens (primary N) is 2. The molecule has 7 nitrogen and oxygen atoms in total. The normalized spacial score (nSPS) is 10.6. The summed E-state index contributed by atoms with van der Waals surface area (Å²) in [7, 11) is 0. The number of primary amides is 1. The van der Waals surface area contributed by atoms with Gasteiger partial charge in [-0.1, -0.05) is 36.4 Å². The molecule has 0 spiro atoms. The van der Waals surface area contributed by atoms with Crippen LogP contribution >= 0.6 is 24.0 Å². The first-order valence-electron chi connectivity index (χ1n) is 8.98. The second kappa shape index (κ2) is 11.7. The third-order valence-electron chi connectivity index (χ3n) is 3.80. The highest BCUT2D eigenvalue weighted by Gasteiger charge is 2.02. The van der Waals surface area contributed by atoms with Crippen LogP contribution in [0.5, 0.6) is 17.2 Å². The molecule has 156 valence electrons. The van der Waals surface area contributed by atoms with Gasteiger partial charge in [0, 0.05) is 11.8 Å². The van der Waals surface area contributed by atoms with Gasteiger partial charge in [-0.15, -0.1) is 24.0 Å². The maximum absolute atomic E-state index is 10.8. The molecule has 5 N–H and O–H groups in total. The smallest absolute Gasteiger partial charge is 0.255 e. The molecule has 3 rings (SSSR count). The Labute approximate surface area is 192 Å². The molecule has 1 amide bonds. The van der Waals surface area contributed by atoms with Gasteiger partial charge in [0.25, 0.3) is 5.91 Å². The monoisotopic (exact) mass is 518 g/mol. The Morgan fingerprint density at radius 2 is 1.57 bits per heavy atom. The van der Waals surface area contributed by atoms with Crippen molar-refractivity contribution in [2.24, 2.45) is 16.5 Å². The van der Waals surface area contributed by atoms with Crippen LogP contribution in [0.3, 0.4) is 0 Å². The topological polar surface area (TPSA) is 112 Å². The Morgan fingerprint density at radius 1 is 0.867 bits per heavy atom. The van der Waals surface area contributed by atoms with Gasteiger partial charge >= 0.3 is 0 Å². The molecule has 0 aliphatic rings. The number of benzene rings is 3. The molecule has 3 aromatic rings. The van der Waals surface area contributed by atoms with E-state index in [-0.39, 0.29) is 36.5 Å². The van der Waals surface area contributed by atoms with Crippen molar-refractivity contribution in [3.8, 4) is 17.2 Å². The summed E-state index contributed by atoms with van der Waals surface area (Å²) in [4.78, 5) is 15.1. The highest BCUT2D eigenvalue weighted by Crippen LogP contribution is 2.23. The lowest BCUT2D eigenvalue weighted by Crippen LogP contribution is -2.22. The fourth-order valence-corrected chi connectivity index (χ4v) is 2.51. The lowest BCUT2D eigenvalue weighted by Gasteiger charge is -2.09. The summed E-state index contributed by atoms with van der Waals surface area (Å²) in [5.74, 6) is 1.73. The summed E-state index contributed by atoms with van der Waals surface area (Å²) in [5.41, 5.74) is 12.7. The predicted molar refractivity (Wildman–Crippen MR) is 128 cm³/mol. The van der Waals surface area contributed by atoms with Crippen LogP contribution < -0.4 is 26.3 Å². The number of carbonyl (C=O) groups is 1. The van der Waals surface area contributed by atoms with E-state index in [0.717, 1.165) is 17.0 Å². The maximum atomic E-state index is 10.8.